The van der Waals surface area contributed by atoms with Gasteiger partial charge < -0.3 is 11.1 Å². The SMILES string of the molecule is CC1(C)C(=O)Nc2nc(-n3nc(Cc4ccccc4F)c4cc(F)ccc43)nc(N)c21. The largest absolute Gasteiger partial charge is 0.383 e. The Balaban J connectivity index is 1.69. The molecule has 3 N–H and O–H groups in total. The highest BCUT2D eigenvalue weighted by molar-refractivity contribution is 6.06. The Kier molecular flexibility index (Phi) is 4.04. The summed E-state index contributed by atoms with van der Waals surface area (Å²) >= 11 is 0. The number of rotatable bonds is 3. The smallest absolute Gasteiger partial charge is 0.255 e. The Morgan fingerprint density at radius 2 is 1.90 bits per heavy atom. The number of nitrogens with one attached hydrogen (secondary N) is 1. The van der Waals surface area contributed by atoms with Gasteiger partial charge in [0, 0.05) is 11.8 Å². The highest BCUT2D eigenvalue weighted by Gasteiger charge is 2.42. The summed E-state index contributed by atoms with van der Waals surface area (Å²) in [6, 6.07) is 10.5. The number of halogens is 2. The first kappa shape index (κ1) is 19.1. The van der Waals surface area contributed by atoms with E-state index in [1.54, 1.807) is 38.1 Å². The molecule has 5 rings (SSSR count). The summed E-state index contributed by atoms with van der Waals surface area (Å²) < 4.78 is 29.6. The average Bonchev–Trinajstić information content (AvgIpc) is 3.17. The topological polar surface area (TPSA) is 98.7 Å². The van der Waals surface area contributed by atoms with Gasteiger partial charge in [0.1, 0.15) is 23.3 Å². The van der Waals surface area contributed by atoms with Crippen molar-refractivity contribution in [1.82, 2.24) is 19.7 Å². The molecule has 0 unspecified atom stereocenters. The van der Waals surface area contributed by atoms with Crippen LogP contribution in [0.3, 0.4) is 0 Å². The molecule has 156 valence electrons. The van der Waals surface area contributed by atoms with Crippen molar-refractivity contribution < 1.29 is 13.6 Å². The number of nitrogens with two attached hydrogens (primary N) is 1. The molecule has 2 aromatic carbocycles. The molecule has 3 heterocycles. The summed E-state index contributed by atoms with van der Waals surface area (Å²) in [5.41, 5.74) is 7.27. The third-order valence-electron chi connectivity index (χ3n) is 5.57. The van der Waals surface area contributed by atoms with Crippen LogP contribution in [0.1, 0.15) is 30.7 Å². The van der Waals surface area contributed by atoms with Gasteiger partial charge in [0.15, 0.2) is 0 Å². The van der Waals surface area contributed by atoms with Gasteiger partial charge >= 0.3 is 0 Å². The van der Waals surface area contributed by atoms with Gasteiger partial charge in [0.2, 0.25) is 5.91 Å². The maximum absolute atomic E-state index is 14.2. The maximum Gasteiger partial charge on any atom is 0.255 e. The van der Waals surface area contributed by atoms with E-state index in [-0.39, 0.29) is 29.9 Å². The molecule has 0 atom stereocenters. The van der Waals surface area contributed by atoms with Crippen LogP contribution in [0.15, 0.2) is 42.5 Å². The van der Waals surface area contributed by atoms with Crippen LogP contribution in [0.4, 0.5) is 20.4 Å². The molecule has 9 heteroatoms. The van der Waals surface area contributed by atoms with Gasteiger partial charge in [0.25, 0.3) is 5.95 Å². The van der Waals surface area contributed by atoms with E-state index in [4.69, 9.17) is 5.73 Å². The van der Waals surface area contributed by atoms with E-state index in [2.05, 4.69) is 20.4 Å². The van der Waals surface area contributed by atoms with Crippen molar-refractivity contribution in [3.05, 3.63) is 70.9 Å². The van der Waals surface area contributed by atoms with Crippen LogP contribution in [-0.2, 0) is 16.6 Å². The highest BCUT2D eigenvalue weighted by atomic mass is 19.1. The molecule has 0 fully saturated rings. The zero-order valence-electron chi connectivity index (χ0n) is 16.8. The van der Waals surface area contributed by atoms with Crippen molar-refractivity contribution >= 4 is 28.4 Å². The molecule has 0 saturated carbocycles. The first-order chi connectivity index (χ1) is 14.8. The van der Waals surface area contributed by atoms with Crippen molar-refractivity contribution in [2.45, 2.75) is 25.7 Å². The minimum Gasteiger partial charge on any atom is -0.383 e. The predicted molar refractivity (Wildman–Crippen MR) is 112 cm³/mol. The van der Waals surface area contributed by atoms with Gasteiger partial charge in [-0.2, -0.15) is 19.7 Å². The lowest BCUT2D eigenvalue weighted by molar-refractivity contribution is -0.119. The Hall–Kier alpha value is -3.88. The van der Waals surface area contributed by atoms with Gasteiger partial charge in [-0.05, 0) is 43.7 Å². The first-order valence-electron chi connectivity index (χ1n) is 9.66. The summed E-state index contributed by atoms with van der Waals surface area (Å²) in [4.78, 5) is 21.1. The third kappa shape index (κ3) is 2.92. The molecule has 1 aliphatic rings. The quantitative estimate of drug-likeness (QED) is 0.529. The highest BCUT2D eigenvalue weighted by Crippen LogP contribution is 2.39. The van der Waals surface area contributed by atoms with Crippen LogP contribution in [0.25, 0.3) is 16.9 Å². The first-order valence-corrected chi connectivity index (χ1v) is 9.66. The minimum absolute atomic E-state index is 0.130. The standard InChI is InChI=1S/C22H18F2N6O/c1-22(2)17-18(25)26-21(28-19(17)27-20(22)31)30-16-8-7-12(23)10-13(16)15(29-30)9-11-5-3-4-6-14(11)24/h3-8,10H,9H2,1-2H3,(H3,25,26,27,28,31). The van der Waals surface area contributed by atoms with Crippen LogP contribution >= 0.6 is 0 Å². The fourth-order valence-electron chi connectivity index (χ4n) is 3.90. The molecular formula is C22H18F2N6O. The molecule has 0 radical (unpaired) electrons. The van der Waals surface area contributed by atoms with Gasteiger partial charge in [-0.15, -0.1) is 0 Å². The lowest BCUT2D eigenvalue weighted by Gasteiger charge is -2.16. The number of amides is 1. The van der Waals surface area contributed by atoms with E-state index in [0.717, 1.165) is 0 Å². The van der Waals surface area contributed by atoms with Gasteiger partial charge in [-0.1, -0.05) is 18.2 Å². The van der Waals surface area contributed by atoms with Crippen LogP contribution in [-0.4, -0.2) is 25.7 Å². The van der Waals surface area contributed by atoms with Crippen molar-refractivity contribution in [1.29, 1.82) is 0 Å². The van der Waals surface area contributed by atoms with Gasteiger partial charge in [-0.25, -0.2) is 8.78 Å². The van der Waals surface area contributed by atoms with Crippen molar-refractivity contribution in [2.24, 2.45) is 0 Å². The summed E-state index contributed by atoms with van der Waals surface area (Å²) in [5, 5.41) is 7.79. The molecule has 2 aromatic heterocycles. The average molecular weight is 420 g/mol. The van der Waals surface area contributed by atoms with E-state index in [1.807, 2.05) is 0 Å². The number of fused-ring (bicyclic) bond motifs is 2. The molecule has 7 nitrogen and oxygen atoms in total. The second-order valence-electron chi connectivity index (χ2n) is 8.00. The Labute approximate surface area is 175 Å². The molecule has 0 aliphatic carbocycles. The Morgan fingerprint density at radius 1 is 1.13 bits per heavy atom. The van der Waals surface area contributed by atoms with Crippen LogP contribution < -0.4 is 11.1 Å². The zero-order valence-corrected chi connectivity index (χ0v) is 16.8. The number of carbonyl (C=O) groups excluding carboxylic acids is 1. The molecule has 0 saturated heterocycles. The maximum atomic E-state index is 14.2. The van der Waals surface area contributed by atoms with Crippen LogP contribution in [0.5, 0.6) is 0 Å². The number of anilines is 2. The molecule has 1 aliphatic heterocycles. The number of carbonyl (C=O) groups is 1. The van der Waals surface area contributed by atoms with Gasteiger partial charge in [-0.3, -0.25) is 4.79 Å². The second-order valence-corrected chi connectivity index (χ2v) is 8.00. The van der Waals surface area contributed by atoms with Crippen molar-refractivity contribution in [2.75, 3.05) is 11.1 Å². The Morgan fingerprint density at radius 3 is 2.68 bits per heavy atom. The summed E-state index contributed by atoms with van der Waals surface area (Å²) in [5.74, 6) is -0.433. The third-order valence-corrected chi connectivity index (χ3v) is 5.57. The van der Waals surface area contributed by atoms with Crippen molar-refractivity contribution in [3.8, 4) is 5.95 Å². The van der Waals surface area contributed by atoms with E-state index in [1.165, 1.54) is 22.9 Å². The molecule has 0 bridgehead atoms. The second kappa shape index (κ2) is 6.56. The number of nitrogen functional groups attached to an aromatic ring is 1. The van der Waals surface area contributed by atoms with E-state index >= 15 is 0 Å². The van der Waals surface area contributed by atoms with E-state index in [9.17, 15) is 13.6 Å². The molecule has 1 amide bonds. The predicted octanol–water partition coefficient (Wildman–Crippen LogP) is 3.50. The molecule has 4 aromatic rings. The number of hydrogen-bond acceptors (Lipinski definition) is 5. The number of hydrogen-bond donors (Lipinski definition) is 2. The zero-order chi connectivity index (χ0) is 21.9. The molecule has 31 heavy (non-hydrogen) atoms. The summed E-state index contributed by atoms with van der Waals surface area (Å²) in [6.07, 6.45) is 0.157. The van der Waals surface area contributed by atoms with Gasteiger partial charge in [0.05, 0.1) is 22.2 Å². The fraction of sp³-hybridized carbons (Fsp3) is 0.182. The number of nitrogens with zero attached hydrogens (tertiary/aromatic N) is 4. The fourth-order valence-corrected chi connectivity index (χ4v) is 3.90. The molecular weight excluding hydrogens is 402 g/mol. The summed E-state index contributed by atoms with van der Waals surface area (Å²) in [7, 11) is 0. The number of benzene rings is 2. The number of aromatic nitrogens is 4. The lowest BCUT2D eigenvalue weighted by Crippen LogP contribution is -2.27. The Bertz CT molecular complexity index is 1380. The van der Waals surface area contributed by atoms with Crippen LogP contribution in [0.2, 0.25) is 0 Å². The lowest BCUT2D eigenvalue weighted by atomic mass is 9.87. The van der Waals surface area contributed by atoms with Crippen LogP contribution in [0, 0.1) is 11.6 Å². The minimum atomic E-state index is -0.858. The monoisotopic (exact) mass is 420 g/mol. The van der Waals surface area contributed by atoms with E-state index in [0.29, 0.717) is 33.5 Å². The normalized spacial score (nSPS) is 14.6. The molecule has 0 spiro atoms. The van der Waals surface area contributed by atoms with E-state index < -0.39 is 11.2 Å². The summed E-state index contributed by atoms with van der Waals surface area (Å²) in [6.45, 7) is 3.48. The van der Waals surface area contributed by atoms with Crippen molar-refractivity contribution in [3.63, 3.8) is 0 Å².